The molecule has 3 nitrogen and oxygen atoms in total. The number of carbonyl (C=O) groups is 1. The van der Waals surface area contributed by atoms with Gasteiger partial charge in [-0.3, -0.25) is 4.79 Å². The lowest BCUT2D eigenvalue weighted by Gasteiger charge is -2.18. The van der Waals surface area contributed by atoms with Crippen LogP contribution in [-0.4, -0.2) is 19.5 Å². The summed E-state index contributed by atoms with van der Waals surface area (Å²) < 4.78 is 10.7. The Kier molecular flexibility index (Phi) is 2.46. The minimum absolute atomic E-state index is 0.0338. The van der Waals surface area contributed by atoms with Crippen molar-refractivity contribution in [3.05, 3.63) is 29.3 Å². The van der Waals surface area contributed by atoms with Crippen molar-refractivity contribution in [1.29, 1.82) is 0 Å². The Hall–Kier alpha value is -1.77. The Bertz CT molecular complexity index is 432. The molecule has 1 aromatic carbocycles. The van der Waals surface area contributed by atoms with E-state index >= 15 is 0 Å². The predicted octanol–water partition coefficient (Wildman–Crippen LogP) is 2.06. The molecule has 78 valence electrons. The number of ether oxygens (including phenoxy) is 2. The van der Waals surface area contributed by atoms with Crippen LogP contribution in [0, 0.1) is 0 Å². The van der Waals surface area contributed by atoms with Crippen molar-refractivity contribution in [1.82, 2.24) is 0 Å². The van der Waals surface area contributed by atoms with E-state index in [0.29, 0.717) is 12.2 Å². The first-order valence-corrected chi connectivity index (χ1v) is 4.73. The van der Waals surface area contributed by atoms with Gasteiger partial charge in [-0.1, -0.05) is 6.07 Å². The molecule has 0 radical (unpaired) electrons. The number of fused-ring (bicyclic) bond motifs is 1. The van der Waals surface area contributed by atoms with Gasteiger partial charge in [-0.25, -0.2) is 0 Å². The van der Waals surface area contributed by atoms with Gasteiger partial charge in [0.15, 0.2) is 5.78 Å². The van der Waals surface area contributed by atoms with Crippen LogP contribution in [0.15, 0.2) is 23.8 Å². The summed E-state index contributed by atoms with van der Waals surface area (Å²) in [4.78, 5) is 11.2. The molecule has 0 saturated carbocycles. The number of methoxy groups -OCH3 is 1. The van der Waals surface area contributed by atoms with E-state index in [1.54, 1.807) is 7.11 Å². The molecule has 0 spiro atoms. The molecule has 15 heavy (non-hydrogen) atoms. The van der Waals surface area contributed by atoms with Gasteiger partial charge in [-0.15, -0.1) is 0 Å². The van der Waals surface area contributed by atoms with E-state index in [-0.39, 0.29) is 5.78 Å². The highest BCUT2D eigenvalue weighted by Gasteiger charge is 2.17. The topological polar surface area (TPSA) is 35.5 Å². The van der Waals surface area contributed by atoms with Gasteiger partial charge >= 0.3 is 0 Å². The second-order valence-corrected chi connectivity index (χ2v) is 3.39. The summed E-state index contributed by atoms with van der Waals surface area (Å²) in [5.74, 6) is 1.52. The highest BCUT2D eigenvalue weighted by Crippen LogP contribution is 2.33. The van der Waals surface area contributed by atoms with Crippen LogP contribution in [0.25, 0.3) is 6.08 Å². The fourth-order valence-electron chi connectivity index (χ4n) is 1.54. The fraction of sp³-hybridized carbons (Fsp3) is 0.250. The molecule has 0 aromatic heterocycles. The van der Waals surface area contributed by atoms with Gasteiger partial charge in [0, 0.05) is 5.57 Å². The minimum atomic E-state index is 0.0338. The quantitative estimate of drug-likeness (QED) is 0.739. The highest BCUT2D eigenvalue weighted by molar-refractivity contribution is 5.99. The Morgan fingerprint density at radius 3 is 2.93 bits per heavy atom. The van der Waals surface area contributed by atoms with Crippen molar-refractivity contribution in [2.45, 2.75) is 6.92 Å². The third-order valence-electron chi connectivity index (χ3n) is 2.40. The molecular formula is C12H12O3. The van der Waals surface area contributed by atoms with Gasteiger partial charge in [-0.05, 0) is 25.1 Å². The van der Waals surface area contributed by atoms with Gasteiger partial charge < -0.3 is 9.47 Å². The number of ketones is 1. The third kappa shape index (κ3) is 1.73. The Morgan fingerprint density at radius 2 is 2.27 bits per heavy atom. The van der Waals surface area contributed by atoms with Crippen molar-refractivity contribution in [2.75, 3.05) is 13.7 Å². The highest BCUT2D eigenvalue weighted by atomic mass is 16.5. The first kappa shape index (κ1) is 9.77. The van der Waals surface area contributed by atoms with E-state index in [4.69, 9.17) is 9.47 Å². The summed E-state index contributed by atoms with van der Waals surface area (Å²) in [7, 11) is 1.60. The lowest BCUT2D eigenvalue weighted by Crippen LogP contribution is -2.12. The zero-order valence-electron chi connectivity index (χ0n) is 8.74. The molecule has 0 amide bonds. The van der Waals surface area contributed by atoms with E-state index < -0.39 is 0 Å². The lowest BCUT2D eigenvalue weighted by molar-refractivity contribution is -0.113. The molecule has 2 rings (SSSR count). The second kappa shape index (κ2) is 3.77. The van der Waals surface area contributed by atoms with Crippen LogP contribution in [0.5, 0.6) is 11.5 Å². The van der Waals surface area contributed by atoms with Crippen molar-refractivity contribution < 1.29 is 14.3 Å². The zero-order chi connectivity index (χ0) is 10.8. The van der Waals surface area contributed by atoms with Crippen LogP contribution in [0.4, 0.5) is 0 Å². The number of hydrogen-bond donors (Lipinski definition) is 0. The molecule has 0 fully saturated rings. The van der Waals surface area contributed by atoms with Crippen LogP contribution in [0.1, 0.15) is 12.5 Å². The smallest absolute Gasteiger partial charge is 0.159 e. The molecule has 0 N–H and O–H groups in total. The lowest BCUT2D eigenvalue weighted by atomic mass is 10.0. The number of rotatable bonds is 2. The van der Waals surface area contributed by atoms with Gasteiger partial charge in [0.05, 0.1) is 12.7 Å². The van der Waals surface area contributed by atoms with Gasteiger partial charge in [0.1, 0.15) is 18.1 Å². The van der Waals surface area contributed by atoms with Crippen LogP contribution < -0.4 is 9.47 Å². The summed E-state index contributed by atoms with van der Waals surface area (Å²) in [6, 6.07) is 5.58. The van der Waals surface area contributed by atoms with E-state index in [0.717, 1.165) is 17.1 Å². The largest absolute Gasteiger partial charge is 0.496 e. The molecule has 1 aromatic rings. The molecular weight excluding hydrogens is 192 g/mol. The van der Waals surface area contributed by atoms with E-state index in [9.17, 15) is 4.79 Å². The van der Waals surface area contributed by atoms with Crippen LogP contribution in [0.2, 0.25) is 0 Å². The first-order valence-electron chi connectivity index (χ1n) is 4.73. The average Bonchev–Trinajstić information content (AvgIpc) is 2.27. The summed E-state index contributed by atoms with van der Waals surface area (Å²) >= 11 is 0. The SMILES string of the molecule is COc1cccc2c1C=C(C(C)=O)CO2. The van der Waals surface area contributed by atoms with Crippen molar-refractivity contribution in [2.24, 2.45) is 0 Å². The summed E-state index contributed by atoms with van der Waals surface area (Å²) in [6.07, 6.45) is 1.83. The molecule has 0 atom stereocenters. The monoisotopic (exact) mass is 204 g/mol. The summed E-state index contributed by atoms with van der Waals surface area (Å²) in [5, 5.41) is 0. The Balaban J connectivity index is 2.51. The molecule has 0 unspecified atom stereocenters. The van der Waals surface area contributed by atoms with Gasteiger partial charge in [-0.2, -0.15) is 0 Å². The zero-order valence-corrected chi connectivity index (χ0v) is 8.74. The summed E-state index contributed by atoms with van der Waals surface area (Å²) in [5.41, 5.74) is 1.52. The minimum Gasteiger partial charge on any atom is -0.496 e. The Labute approximate surface area is 88.3 Å². The molecule has 0 aliphatic carbocycles. The normalized spacial score (nSPS) is 13.6. The van der Waals surface area contributed by atoms with Gasteiger partial charge in [0.25, 0.3) is 0 Å². The summed E-state index contributed by atoms with van der Waals surface area (Å²) in [6.45, 7) is 1.88. The van der Waals surface area contributed by atoms with Crippen molar-refractivity contribution in [3.63, 3.8) is 0 Å². The fourth-order valence-corrected chi connectivity index (χ4v) is 1.54. The van der Waals surface area contributed by atoms with E-state index in [1.165, 1.54) is 6.92 Å². The molecule has 1 aliphatic heterocycles. The van der Waals surface area contributed by atoms with Gasteiger partial charge in [0.2, 0.25) is 0 Å². The molecule has 0 bridgehead atoms. The number of hydrogen-bond acceptors (Lipinski definition) is 3. The molecule has 3 heteroatoms. The third-order valence-corrected chi connectivity index (χ3v) is 2.40. The average molecular weight is 204 g/mol. The van der Waals surface area contributed by atoms with Crippen LogP contribution in [0.3, 0.4) is 0 Å². The van der Waals surface area contributed by atoms with Crippen LogP contribution >= 0.6 is 0 Å². The van der Waals surface area contributed by atoms with E-state index in [2.05, 4.69) is 0 Å². The maximum atomic E-state index is 11.2. The van der Waals surface area contributed by atoms with Crippen LogP contribution in [-0.2, 0) is 4.79 Å². The number of benzene rings is 1. The number of carbonyl (C=O) groups excluding carboxylic acids is 1. The Morgan fingerprint density at radius 1 is 1.47 bits per heavy atom. The van der Waals surface area contributed by atoms with E-state index in [1.807, 2.05) is 24.3 Å². The van der Waals surface area contributed by atoms with Crippen molar-refractivity contribution >= 4 is 11.9 Å². The maximum absolute atomic E-state index is 11.2. The predicted molar refractivity (Wildman–Crippen MR) is 57.1 cm³/mol. The van der Waals surface area contributed by atoms with Crippen molar-refractivity contribution in [3.8, 4) is 11.5 Å². The molecule has 0 saturated heterocycles. The standard InChI is InChI=1S/C12H12O3/c1-8(13)9-6-10-11(14-2)4-3-5-12(10)15-7-9/h3-6H,7H2,1-2H3. The maximum Gasteiger partial charge on any atom is 0.159 e. The molecule has 1 heterocycles. The first-order chi connectivity index (χ1) is 7.22. The second-order valence-electron chi connectivity index (χ2n) is 3.39. The molecule has 1 aliphatic rings. The number of Topliss-reactive ketones (excluding diaryl/α,β-unsaturated/α-hetero) is 1.